The van der Waals surface area contributed by atoms with Crippen molar-refractivity contribution >= 4 is 11.6 Å². The summed E-state index contributed by atoms with van der Waals surface area (Å²) in [5.74, 6) is 0. The van der Waals surface area contributed by atoms with E-state index in [1.807, 2.05) is 6.92 Å². The van der Waals surface area contributed by atoms with E-state index < -0.39 is 12.5 Å². The Morgan fingerprint density at radius 1 is 1.40 bits per heavy atom. The molecule has 0 saturated carbocycles. The topological polar surface area (TPSA) is 12.0 Å². The van der Waals surface area contributed by atoms with Gasteiger partial charge < -0.3 is 5.32 Å². The molecule has 0 aliphatic carbocycles. The molecule has 1 unspecified atom stereocenters. The zero-order chi connectivity index (χ0) is 11.3. The lowest BCUT2D eigenvalue weighted by molar-refractivity contribution is 0.0985. The van der Waals surface area contributed by atoms with Gasteiger partial charge in [-0.15, -0.1) is 0 Å². The summed E-state index contributed by atoms with van der Waals surface area (Å²) >= 11 is 5.75. The summed E-state index contributed by atoms with van der Waals surface area (Å²) in [6.45, 7) is 2.51. The minimum absolute atomic E-state index is 0.483. The van der Waals surface area contributed by atoms with Crippen molar-refractivity contribution in [3.05, 3.63) is 34.9 Å². The van der Waals surface area contributed by atoms with E-state index in [2.05, 4.69) is 5.32 Å². The van der Waals surface area contributed by atoms with E-state index in [0.29, 0.717) is 17.1 Å². The molecule has 0 aliphatic heterocycles. The van der Waals surface area contributed by atoms with Crippen molar-refractivity contribution in [3.8, 4) is 0 Å². The van der Waals surface area contributed by atoms with Gasteiger partial charge in [0.1, 0.15) is 0 Å². The highest BCUT2D eigenvalue weighted by molar-refractivity contribution is 6.30. The second kappa shape index (κ2) is 6.03. The van der Waals surface area contributed by atoms with Gasteiger partial charge in [-0.05, 0) is 30.7 Å². The monoisotopic (exact) mass is 233 g/mol. The third kappa shape index (κ3) is 3.76. The molecular formula is C11H14ClF2N. The van der Waals surface area contributed by atoms with Gasteiger partial charge in [-0.2, -0.15) is 0 Å². The molecule has 0 aromatic heterocycles. The fourth-order valence-corrected chi connectivity index (χ4v) is 1.55. The Hall–Kier alpha value is -0.670. The lowest BCUT2D eigenvalue weighted by Gasteiger charge is -2.18. The van der Waals surface area contributed by atoms with Gasteiger partial charge in [0.15, 0.2) is 0 Å². The van der Waals surface area contributed by atoms with E-state index in [1.54, 1.807) is 24.3 Å². The van der Waals surface area contributed by atoms with E-state index in [9.17, 15) is 8.78 Å². The molecule has 0 aliphatic rings. The summed E-state index contributed by atoms with van der Waals surface area (Å²) in [5, 5.41) is 3.29. The first kappa shape index (κ1) is 12.4. The number of rotatable bonds is 5. The van der Waals surface area contributed by atoms with E-state index in [0.717, 1.165) is 6.42 Å². The highest BCUT2D eigenvalue weighted by Crippen LogP contribution is 2.23. The minimum atomic E-state index is -2.42. The van der Waals surface area contributed by atoms with Gasteiger partial charge in [-0.3, -0.25) is 0 Å². The maximum Gasteiger partial charge on any atom is 0.257 e. The Morgan fingerprint density at radius 3 is 2.67 bits per heavy atom. The van der Waals surface area contributed by atoms with Crippen molar-refractivity contribution < 1.29 is 8.78 Å². The van der Waals surface area contributed by atoms with Crippen LogP contribution in [0.4, 0.5) is 8.78 Å². The Bertz CT molecular complexity index is 304. The second-order valence-electron chi connectivity index (χ2n) is 3.32. The maximum atomic E-state index is 12.7. The lowest BCUT2D eigenvalue weighted by Crippen LogP contribution is -2.27. The van der Waals surface area contributed by atoms with E-state index in [4.69, 9.17) is 11.6 Å². The fraction of sp³-hybridized carbons (Fsp3) is 0.455. The van der Waals surface area contributed by atoms with Crippen LogP contribution in [-0.4, -0.2) is 13.0 Å². The summed E-state index contributed by atoms with van der Waals surface area (Å²) in [6.07, 6.45) is -1.60. The van der Waals surface area contributed by atoms with Gasteiger partial charge in [-0.1, -0.05) is 30.7 Å². The first-order chi connectivity index (χ1) is 7.15. The van der Waals surface area contributed by atoms with Gasteiger partial charge in [-0.25, -0.2) is 8.78 Å². The second-order valence-corrected chi connectivity index (χ2v) is 3.76. The predicted molar refractivity (Wildman–Crippen MR) is 58.5 cm³/mol. The van der Waals surface area contributed by atoms with Crippen molar-refractivity contribution in [2.24, 2.45) is 0 Å². The average Bonchev–Trinajstić information content (AvgIpc) is 2.18. The molecule has 0 heterocycles. The lowest BCUT2D eigenvalue weighted by atomic mass is 10.1. The van der Waals surface area contributed by atoms with Crippen LogP contribution in [0.15, 0.2) is 24.3 Å². The summed E-state index contributed by atoms with van der Waals surface area (Å²) in [5.41, 5.74) is 0.533. The molecular weight excluding hydrogens is 220 g/mol. The standard InChI is InChI=1S/C11H14ClF2N/c1-2-6-15-10(11(13)14)8-4-3-5-9(12)7-8/h3-5,7,10-11,15H,2,6H2,1H3. The van der Waals surface area contributed by atoms with E-state index >= 15 is 0 Å². The molecule has 1 nitrogen and oxygen atoms in total. The van der Waals surface area contributed by atoms with Crippen LogP contribution in [0.5, 0.6) is 0 Å². The number of benzene rings is 1. The van der Waals surface area contributed by atoms with Crippen molar-refractivity contribution in [2.75, 3.05) is 6.54 Å². The molecule has 0 bridgehead atoms. The predicted octanol–water partition coefficient (Wildman–Crippen LogP) is 3.65. The quantitative estimate of drug-likeness (QED) is 0.819. The summed E-state index contributed by atoms with van der Waals surface area (Å²) in [7, 11) is 0. The van der Waals surface area contributed by atoms with Crippen molar-refractivity contribution in [1.82, 2.24) is 5.32 Å². The number of alkyl halides is 2. The van der Waals surface area contributed by atoms with Crippen LogP contribution in [0.25, 0.3) is 0 Å². The van der Waals surface area contributed by atoms with Crippen LogP contribution in [0.3, 0.4) is 0 Å². The third-order valence-corrected chi connectivity index (χ3v) is 2.31. The molecule has 84 valence electrons. The number of hydrogen-bond donors (Lipinski definition) is 1. The molecule has 15 heavy (non-hydrogen) atoms. The Kier molecular flexibility index (Phi) is 4.99. The largest absolute Gasteiger partial charge is 0.305 e. The van der Waals surface area contributed by atoms with Crippen LogP contribution in [-0.2, 0) is 0 Å². The highest BCUT2D eigenvalue weighted by Gasteiger charge is 2.21. The van der Waals surface area contributed by atoms with Gasteiger partial charge in [0.25, 0.3) is 6.43 Å². The van der Waals surface area contributed by atoms with Gasteiger partial charge in [0.2, 0.25) is 0 Å². The molecule has 0 radical (unpaired) electrons. The van der Waals surface area contributed by atoms with Crippen LogP contribution in [0.2, 0.25) is 5.02 Å². The smallest absolute Gasteiger partial charge is 0.257 e. The highest BCUT2D eigenvalue weighted by atomic mass is 35.5. The van der Waals surface area contributed by atoms with E-state index in [-0.39, 0.29) is 0 Å². The molecule has 0 saturated heterocycles. The number of nitrogens with one attached hydrogen (secondary N) is 1. The van der Waals surface area contributed by atoms with Gasteiger partial charge in [0.05, 0.1) is 6.04 Å². The molecule has 1 aromatic rings. The molecule has 1 aromatic carbocycles. The van der Waals surface area contributed by atoms with Gasteiger partial charge >= 0.3 is 0 Å². The maximum absolute atomic E-state index is 12.7. The van der Waals surface area contributed by atoms with Crippen LogP contribution in [0.1, 0.15) is 24.9 Å². The van der Waals surface area contributed by atoms with Gasteiger partial charge in [0, 0.05) is 5.02 Å². The Morgan fingerprint density at radius 2 is 2.13 bits per heavy atom. The first-order valence-electron chi connectivity index (χ1n) is 4.92. The fourth-order valence-electron chi connectivity index (χ4n) is 1.35. The van der Waals surface area contributed by atoms with E-state index in [1.165, 1.54) is 0 Å². The number of hydrogen-bond acceptors (Lipinski definition) is 1. The summed E-state index contributed by atoms with van der Waals surface area (Å²) < 4.78 is 25.5. The Balaban J connectivity index is 2.79. The SMILES string of the molecule is CCCNC(c1cccc(Cl)c1)C(F)F. The number of halogens is 3. The summed E-state index contributed by atoms with van der Waals surface area (Å²) in [6, 6.07) is 5.66. The van der Waals surface area contributed by atoms with Crippen molar-refractivity contribution in [3.63, 3.8) is 0 Å². The zero-order valence-electron chi connectivity index (χ0n) is 8.51. The zero-order valence-corrected chi connectivity index (χ0v) is 9.27. The Labute approximate surface area is 93.4 Å². The molecule has 1 rings (SSSR count). The normalized spacial score (nSPS) is 13.1. The molecule has 4 heteroatoms. The van der Waals surface area contributed by atoms with Crippen LogP contribution in [0, 0.1) is 0 Å². The third-order valence-electron chi connectivity index (χ3n) is 2.07. The molecule has 0 amide bonds. The molecule has 0 spiro atoms. The van der Waals surface area contributed by atoms with Crippen molar-refractivity contribution in [2.45, 2.75) is 25.8 Å². The molecule has 0 fully saturated rings. The average molecular weight is 234 g/mol. The van der Waals surface area contributed by atoms with Crippen molar-refractivity contribution in [1.29, 1.82) is 0 Å². The van der Waals surface area contributed by atoms with Crippen LogP contribution < -0.4 is 5.32 Å². The molecule has 1 N–H and O–H groups in total. The van der Waals surface area contributed by atoms with Crippen LogP contribution >= 0.6 is 11.6 Å². The minimum Gasteiger partial charge on any atom is -0.305 e. The molecule has 1 atom stereocenters. The first-order valence-corrected chi connectivity index (χ1v) is 5.30. The summed E-state index contributed by atoms with van der Waals surface area (Å²) in [4.78, 5) is 0.